The summed E-state index contributed by atoms with van der Waals surface area (Å²) in [6.07, 6.45) is -0.804. The van der Waals surface area contributed by atoms with E-state index in [1.807, 2.05) is 0 Å². The van der Waals surface area contributed by atoms with Crippen molar-refractivity contribution in [1.82, 2.24) is 20.7 Å². The Kier molecular flexibility index (Phi) is 5.72. The van der Waals surface area contributed by atoms with E-state index < -0.39 is 17.7 Å². The van der Waals surface area contributed by atoms with Crippen molar-refractivity contribution in [3.05, 3.63) is 0 Å². The van der Waals surface area contributed by atoms with Gasteiger partial charge in [-0.1, -0.05) is 0 Å². The first-order valence-electron chi connectivity index (χ1n) is 8.46. The van der Waals surface area contributed by atoms with Crippen LogP contribution in [-0.4, -0.2) is 78.7 Å². The molecule has 1 saturated carbocycles. The number of piperazine rings is 1. The molecule has 5 nitrogen and oxygen atoms in total. The van der Waals surface area contributed by atoms with Crippen LogP contribution in [0.25, 0.3) is 0 Å². The second-order valence-electron chi connectivity index (χ2n) is 6.86. The summed E-state index contributed by atoms with van der Waals surface area (Å²) in [4.78, 5) is 16.1. The summed E-state index contributed by atoms with van der Waals surface area (Å²) >= 11 is 6.20. The van der Waals surface area contributed by atoms with Crippen LogP contribution in [0, 0.1) is 5.92 Å². The third kappa shape index (κ3) is 4.13. The number of alkyl halides is 3. The lowest BCUT2D eigenvalue weighted by molar-refractivity contribution is -0.125. The fraction of sp³-hybridized carbons (Fsp3) is 0.933. The van der Waals surface area contributed by atoms with Crippen LogP contribution >= 0.6 is 11.6 Å². The van der Waals surface area contributed by atoms with E-state index >= 15 is 0 Å². The maximum absolute atomic E-state index is 14.0. The third-order valence-electron chi connectivity index (χ3n) is 5.32. The number of rotatable bonds is 3. The Labute approximate surface area is 140 Å². The van der Waals surface area contributed by atoms with Crippen LogP contribution in [0.4, 0.5) is 8.78 Å². The summed E-state index contributed by atoms with van der Waals surface area (Å²) in [5.41, 5.74) is 5.42. The van der Waals surface area contributed by atoms with Crippen molar-refractivity contribution >= 4 is 17.5 Å². The van der Waals surface area contributed by atoms with E-state index in [0.717, 1.165) is 26.2 Å². The molecule has 0 aromatic carbocycles. The van der Waals surface area contributed by atoms with Gasteiger partial charge in [-0.2, -0.15) is 0 Å². The van der Waals surface area contributed by atoms with Crippen LogP contribution in [0.15, 0.2) is 0 Å². The highest BCUT2D eigenvalue weighted by molar-refractivity contribution is 6.31. The predicted molar refractivity (Wildman–Crippen MR) is 84.7 cm³/mol. The number of nitrogens with zero attached hydrogens (tertiary/aromatic N) is 2. The lowest BCUT2D eigenvalue weighted by atomic mass is 9.86. The molecule has 3 rings (SSSR count). The minimum atomic E-state index is -1.02. The van der Waals surface area contributed by atoms with Crippen molar-refractivity contribution in [1.29, 1.82) is 0 Å². The molecule has 2 heterocycles. The standard InChI is InChI=1S/C15H25ClF2N4O/c16-14-13(8-19-20-15(14)23)22-5-3-21(4-6-22)9-10-1-2-11(17)7-12(10)18/h10-14,19H,1-9H2,(H,20,23). The van der Waals surface area contributed by atoms with Gasteiger partial charge in [0.15, 0.2) is 0 Å². The van der Waals surface area contributed by atoms with E-state index in [-0.39, 0.29) is 24.3 Å². The number of carbonyl (C=O) groups is 1. The molecule has 1 aliphatic carbocycles. The van der Waals surface area contributed by atoms with Crippen LogP contribution in [0.2, 0.25) is 0 Å². The van der Waals surface area contributed by atoms with E-state index in [1.54, 1.807) is 0 Å². The topological polar surface area (TPSA) is 47.6 Å². The average Bonchev–Trinajstić information content (AvgIpc) is 2.54. The molecule has 23 heavy (non-hydrogen) atoms. The number of nitrogens with one attached hydrogen (secondary N) is 2. The van der Waals surface area contributed by atoms with Gasteiger partial charge in [-0.3, -0.25) is 15.1 Å². The summed E-state index contributed by atoms with van der Waals surface area (Å²) in [5.74, 6) is -0.231. The normalized spacial score (nSPS) is 40.8. The summed E-state index contributed by atoms with van der Waals surface area (Å²) in [6, 6.07) is -0.0107. The molecule has 2 aliphatic heterocycles. The first kappa shape index (κ1) is 17.3. The number of hydrazine groups is 1. The van der Waals surface area contributed by atoms with Crippen LogP contribution in [0.3, 0.4) is 0 Å². The van der Waals surface area contributed by atoms with Crippen LogP contribution in [0.1, 0.15) is 19.3 Å². The highest BCUT2D eigenvalue weighted by Crippen LogP contribution is 2.30. The number of hydrogen-bond acceptors (Lipinski definition) is 4. The van der Waals surface area contributed by atoms with Gasteiger partial charge in [0.2, 0.25) is 0 Å². The SMILES string of the molecule is O=C1NNCC(N2CCN(CC3CCC(F)CC3F)CC2)C1Cl. The second-order valence-corrected chi connectivity index (χ2v) is 7.33. The first-order chi connectivity index (χ1) is 11.0. The summed E-state index contributed by atoms with van der Waals surface area (Å²) in [7, 11) is 0. The minimum Gasteiger partial charge on any atom is -0.300 e. The molecule has 0 spiro atoms. The molecule has 0 radical (unpaired) electrons. The third-order valence-corrected chi connectivity index (χ3v) is 5.81. The van der Waals surface area contributed by atoms with E-state index in [1.165, 1.54) is 0 Å². The Morgan fingerprint density at radius 3 is 2.61 bits per heavy atom. The highest BCUT2D eigenvalue weighted by atomic mass is 35.5. The summed E-state index contributed by atoms with van der Waals surface area (Å²) in [5, 5.41) is -0.544. The van der Waals surface area contributed by atoms with Gasteiger partial charge >= 0.3 is 0 Å². The zero-order valence-corrected chi connectivity index (χ0v) is 13.9. The Bertz CT molecular complexity index is 422. The Morgan fingerprint density at radius 2 is 1.91 bits per heavy atom. The van der Waals surface area contributed by atoms with Crippen LogP contribution < -0.4 is 10.9 Å². The van der Waals surface area contributed by atoms with Gasteiger partial charge < -0.3 is 4.90 Å². The van der Waals surface area contributed by atoms with Crippen LogP contribution in [0.5, 0.6) is 0 Å². The predicted octanol–water partition coefficient (Wildman–Crippen LogP) is 0.691. The molecular formula is C15H25ClF2N4O. The highest BCUT2D eigenvalue weighted by Gasteiger charge is 2.37. The van der Waals surface area contributed by atoms with Crippen molar-refractivity contribution in [2.75, 3.05) is 39.3 Å². The van der Waals surface area contributed by atoms with Crippen molar-refractivity contribution in [2.24, 2.45) is 5.92 Å². The number of halogens is 3. The molecule has 132 valence electrons. The lowest BCUT2D eigenvalue weighted by Crippen LogP contribution is -2.64. The fourth-order valence-corrected chi connectivity index (χ4v) is 4.15. The molecule has 2 N–H and O–H groups in total. The van der Waals surface area contributed by atoms with Crippen molar-refractivity contribution in [3.63, 3.8) is 0 Å². The molecule has 0 bridgehead atoms. The van der Waals surface area contributed by atoms with E-state index in [4.69, 9.17) is 11.6 Å². The molecule has 1 amide bonds. The van der Waals surface area contributed by atoms with Gasteiger partial charge in [-0.15, -0.1) is 11.6 Å². The Hall–Kier alpha value is -0.500. The summed E-state index contributed by atoms with van der Waals surface area (Å²) < 4.78 is 27.2. The largest absolute Gasteiger partial charge is 0.300 e. The zero-order valence-electron chi connectivity index (χ0n) is 13.2. The van der Waals surface area contributed by atoms with Gasteiger partial charge in [0.05, 0.1) is 0 Å². The van der Waals surface area contributed by atoms with Crippen molar-refractivity contribution < 1.29 is 13.6 Å². The molecule has 3 fully saturated rings. The molecule has 3 aliphatic rings. The van der Waals surface area contributed by atoms with Crippen molar-refractivity contribution in [2.45, 2.75) is 43.0 Å². The molecular weight excluding hydrogens is 326 g/mol. The molecule has 5 unspecified atom stereocenters. The Balaban J connectivity index is 1.46. The van der Waals surface area contributed by atoms with Gasteiger partial charge in [0.1, 0.15) is 17.7 Å². The van der Waals surface area contributed by atoms with E-state index in [9.17, 15) is 13.6 Å². The molecule has 2 saturated heterocycles. The number of carbonyl (C=O) groups excluding carboxylic acids is 1. The summed E-state index contributed by atoms with van der Waals surface area (Å²) in [6.45, 7) is 4.65. The first-order valence-corrected chi connectivity index (χ1v) is 8.89. The molecule has 8 heteroatoms. The van der Waals surface area contributed by atoms with Crippen molar-refractivity contribution in [3.8, 4) is 0 Å². The monoisotopic (exact) mass is 350 g/mol. The van der Waals surface area contributed by atoms with Gasteiger partial charge in [-0.05, 0) is 12.8 Å². The van der Waals surface area contributed by atoms with Gasteiger partial charge in [0, 0.05) is 57.6 Å². The number of amides is 1. The fourth-order valence-electron chi connectivity index (χ4n) is 3.85. The zero-order chi connectivity index (χ0) is 16.4. The van der Waals surface area contributed by atoms with Gasteiger partial charge in [0.25, 0.3) is 5.91 Å². The maximum Gasteiger partial charge on any atom is 0.253 e. The quantitative estimate of drug-likeness (QED) is 0.735. The molecule has 0 aromatic rings. The van der Waals surface area contributed by atoms with E-state index in [0.29, 0.717) is 25.9 Å². The average molecular weight is 351 g/mol. The molecule has 5 atom stereocenters. The minimum absolute atomic E-state index is 0.0107. The van der Waals surface area contributed by atoms with Gasteiger partial charge in [-0.25, -0.2) is 14.2 Å². The van der Waals surface area contributed by atoms with E-state index in [2.05, 4.69) is 20.7 Å². The second kappa shape index (κ2) is 7.59. The Morgan fingerprint density at radius 1 is 1.17 bits per heavy atom. The number of hydrogen-bond donors (Lipinski definition) is 2. The van der Waals surface area contributed by atoms with Crippen LogP contribution in [-0.2, 0) is 4.79 Å². The molecule has 0 aromatic heterocycles. The maximum atomic E-state index is 14.0. The lowest BCUT2D eigenvalue weighted by Gasteiger charge is -2.43. The smallest absolute Gasteiger partial charge is 0.253 e.